The van der Waals surface area contributed by atoms with Gasteiger partial charge in [-0.05, 0) is 11.1 Å². The van der Waals surface area contributed by atoms with Crippen molar-refractivity contribution in [2.24, 2.45) is 14.1 Å². The van der Waals surface area contributed by atoms with Crippen LogP contribution in [0.25, 0.3) is 0 Å². The summed E-state index contributed by atoms with van der Waals surface area (Å²) in [6, 6.07) is 19.2. The highest BCUT2D eigenvalue weighted by atomic mass is 16.2. The Morgan fingerprint density at radius 3 is 1.81 bits per heavy atom. The lowest BCUT2D eigenvalue weighted by atomic mass is 10.1. The monoisotopic (exact) mass is 363 g/mol. The van der Waals surface area contributed by atoms with Gasteiger partial charge in [0.15, 0.2) is 0 Å². The van der Waals surface area contributed by atoms with E-state index in [1.165, 1.54) is 24.9 Å². The lowest BCUT2D eigenvalue weighted by molar-refractivity contribution is 0.0726. The minimum absolute atomic E-state index is 0.0218. The molecule has 0 saturated heterocycles. The lowest BCUT2D eigenvalue weighted by Crippen LogP contribution is -2.42. The van der Waals surface area contributed by atoms with E-state index in [2.05, 4.69) is 0 Å². The van der Waals surface area contributed by atoms with Crippen LogP contribution in [0.5, 0.6) is 0 Å². The van der Waals surface area contributed by atoms with Crippen LogP contribution in [0.4, 0.5) is 0 Å². The van der Waals surface area contributed by atoms with Gasteiger partial charge in [0, 0.05) is 33.4 Å². The molecular formula is C21H21N3O3. The summed E-state index contributed by atoms with van der Waals surface area (Å²) in [5.41, 5.74) is 0.849. The van der Waals surface area contributed by atoms with Crippen LogP contribution in [0, 0.1) is 0 Å². The highest BCUT2D eigenvalue weighted by molar-refractivity contribution is 5.93. The van der Waals surface area contributed by atoms with Crippen molar-refractivity contribution in [1.29, 1.82) is 0 Å². The first kappa shape index (κ1) is 18.4. The number of hydrogen-bond acceptors (Lipinski definition) is 3. The van der Waals surface area contributed by atoms with Crippen molar-refractivity contribution in [2.75, 3.05) is 0 Å². The molecule has 0 atom stereocenters. The quantitative estimate of drug-likeness (QED) is 0.696. The molecule has 0 bridgehead atoms. The molecule has 3 aromatic rings. The zero-order valence-electron chi connectivity index (χ0n) is 15.3. The molecule has 0 N–H and O–H groups in total. The van der Waals surface area contributed by atoms with E-state index < -0.39 is 17.2 Å². The van der Waals surface area contributed by atoms with E-state index in [4.69, 9.17) is 0 Å². The first-order valence-corrected chi connectivity index (χ1v) is 8.61. The summed E-state index contributed by atoms with van der Waals surface area (Å²) < 4.78 is 2.20. The third-order valence-corrected chi connectivity index (χ3v) is 4.40. The van der Waals surface area contributed by atoms with Gasteiger partial charge >= 0.3 is 5.69 Å². The van der Waals surface area contributed by atoms with E-state index in [-0.39, 0.29) is 5.56 Å². The summed E-state index contributed by atoms with van der Waals surface area (Å²) >= 11 is 0. The van der Waals surface area contributed by atoms with Crippen LogP contribution in [-0.2, 0) is 27.2 Å². The Bertz CT molecular complexity index is 1010. The van der Waals surface area contributed by atoms with Crippen molar-refractivity contribution in [3.05, 3.63) is 104 Å². The molecule has 6 nitrogen and oxygen atoms in total. The number of benzene rings is 2. The van der Waals surface area contributed by atoms with Gasteiger partial charge in [-0.3, -0.25) is 14.2 Å². The van der Waals surface area contributed by atoms with Crippen LogP contribution in [-0.4, -0.2) is 19.9 Å². The second-order valence-electron chi connectivity index (χ2n) is 6.43. The zero-order valence-corrected chi connectivity index (χ0v) is 15.3. The lowest BCUT2D eigenvalue weighted by Gasteiger charge is -2.23. The molecule has 0 aliphatic heterocycles. The van der Waals surface area contributed by atoms with Gasteiger partial charge in [0.25, 0.3) is 11.5 Å². The number of rotatable bonds is 5. The Balaban J connectivity index is 2.00. The zero-order chi connectivity index (χ0) is 19.4. The third kappa shape index (κ3) is 4.06. The van der Waals surface area contributed by atoms with E-state index in [0.717, 1.165) is 15.7 Å². The number of aryl methyl sites for hydroxylation is 1. The first-order valence-electron chi connectivity index (χ1n) is 8.61. The maximum absolute atomic E-state index is 13.2. The van der Waals surface area contributed by atoms with Crippen molar-refractivity contribution < 1.29 is 4.79 Å². The molecule has 0 saturated carbocycles. The fraction of sp³-hybridized carbons (Fsp3) is 0.190. The SMILES string of the molecule is Cn1cc(C(=O)N(Cc2ccccc2)Cc2ccccc2)c(=O)n(C)c1=O. The van der Waals surface area contributed by atoms with Gasteiger partial charge in [0.1, 0.15) is 5.56 Å². The maximum atomic E-state index is 13.2. The molecule has 0 aliphatic carbocycles. The largest absolute Gasteiger partial charge is 0.330 e. The van der Waals surface area contributed by atoms with Crippen LogP contribution in [0.15, 0.2) is 76.4 Å². The predicted octanol–water partition coefficient (Wildman–Crippen LogP) is 1.93. The van der Waals surface area contributed by atoms with Crippen LogP contribution in [0.3, 0.4) is 0 Å². The van der Waals surface area contributed by atoms with Crippen molar-refractivity contribution in [3.8, 4) is 0 Å². The minimum Gasteiger partial charge on any atom is -0.330 e. The highest BCUT2D eigenvalue weighted by Crippen LogP contribution is 2.12. The van der Waals surface area contributed by atoms with Crippen LogP contribution in [0.2, 0.25) is 0 Å². The molecule has 0 spiro atoms. The van der Waals surface area contributed by atoms with Crippen LogP contribution < -0.4 is 11.2 Å². The summed E-state index contributed by atoms with van der Waals surface area (Å²) in [6.07, 6.45) is 1.32. The number of carbonyl (C=O) groups is 1. The second kappa shape index (κ2) is 7.86. The molecule has 1 heterocycles. The predicted molar refractivity (Wildman–Crippen MR) is 103 cm³/mol. The number of hydrogen-bond donors (Lipinski definition) is 0. The van der Waals surface area contributed by atoms with Crippen molar-refractivity contribution in [1.82, 2.24) is 14.0 Å². The van der Waals surface area contributed by atoms with Gasteiger partial charge in [0.2, 0.25) is 0 Å². The molecule has 0 fully saturated rings. The van der Waals surface area contributed by atoms with E-state index in [1.807, 2.05) is 60.7 Å². The molecule has 3 rings (SSSR count). The molecule has 0 unspecified atom stereocenters. The number of aromatic nitrogens is 2. The summed E-state index contributed by atoms with van der Waals surface area (Å²) in [5.74, 6) is -0.404. The Morgan fingerprint density at radius 1 is 0.852 bits per heavy atom. The fourth-order valence-electron chi connectivity index (χ4n) is 2.93. The van der Waals surface area contributed by atoms with Crippen molar-refractivity contribution in [3.63, 3.8) is 0 Å². The third-order valence-electron chi connectivity index (χ3n) is 4.40. The second-order valence-corrected chi connectivity index (χ2v) is 6.43. The van der Waals surface area contributed by atoms with Gasteiger partial charge in [0.05, 0.1) is 0 Å². The van der Waals surface area contributed by atoms with Crippen LogP contribution >= 0.6 is 0 Å². The van der Waals surface area contributed by atoms with E-state index in [0.29, 0.717) is 13.1 Å². The van der Waals surface area contributed by atoms with Gasteiger partial charge in [-0.15, -0.1) is 0 Å². The van der Waals surface area contributed by atoms with E-state index in [1.54, 1.807) is 4.90 Å². The maximum Gasteiger partial charge on any atom is 0.330 e. The average Bonchev–Trinajstić information content (AvgIpc) is 2.69. The molecule has 1 aromatic heterocycles. The molecule has 1 amide bonds. The van der Waals surface area contributed by atoms with Gasteiger partial charge in [-0.1, -0.05) is 60.7 Å². The fourth-order valence-corrected chi connectivity index (χ4v) is 2.93. The van der Waals surface area contributed by atoms with E-state index >= 15 is 0 Å². The summed E-state index contributed by atoms with van der Waals surface area (Å²) in [7, 11) is 2.90. The summed E-state index contributed by atoms with van der Waals surface area (Å²) in [4.78, 5) is 39.2. The Labute approximate surface area is 156 Å². The number of carbonyl (C=O) groups excluding carboxylic acids is 1. The highest BCUT2D eigenvalue weighted by Gasteiger charge is 2.21. The topological polar surface area (TPSA) is 64.3 Å². The first-order chi connectivity index (χ1) is 13.0. The number of nitrogens with zero attached hydrogens (tertiary/aromatic N) is 3. The van der Waals surface area contributed by atoms with Crippen molar-refractivity contribution in [2.45, 2.75) is 13.1 Å². The molecular weight excluding hydrogens is 342 g/mol. The molecule has 2 aromatic carbocycles. The van der Waals surface area contributed by atoms with Crippen LogP contribution in [0.1, 0.15) is 21.5 Å². The van der Waals surface area contributed by atoms with Gasteiger partial charge in [-0.25, -0.2) is 4.79 Å². The minimum atomic E-state index is -0.589. The Morgan fingerprint density at radius 2 is 1.33 bits per heavy atom. The standard InChI is InChI=1S/C21H21N3O3/c1-22-15-18(19(25)23(2)21(22)27)20(26)24(13-16-9-5-3-6-10-16)14-17-11-7-4-8-12-17/h3-12,15H,13-14H2,1-2H3. The molecule has 0 aliphatic rings. The van der Waals surface area contributed by atoms with Crippen molar-refractivity contribution >= 4 is 5.91 Å². The molecule has 27 heavy (non-hydrogen) atoms. The summed E-state index contributed by atoms with van der Waals surface area (Å²) in [6.45, 7) is 0.723. The van der Waals surface area contributed by atoms with Gasteiger partial charge < -0.3 is 9.47 Å². The summed E-state index contributed by atoms with van der Waals surface area (Å²) in [5, 5.41) is 0. The molecule has 138 valence electrons. The Kier molecular flexibility index (Phi) is 5.35. The number of amides is 1. The molecule has 0 radical (unpaired) electrons. The van der Waals surface area contributed by atoms with Gasteiger partial charge in [-0.2, -0.15) is 0 Å². The molecule has 6 heteroatoms. The Hall–Kier alpha value is -3.41. The average molecular weight is 363 g/mol. The smallest absolute Gasteiger partial charge is 0.330 e. The normalized spacial score (nSPS) is 10.6. The van der Waals surface area contributed by atoms with E-state index in [9.17, 15) is 14.4 Å².